The van der Waals surface area contributed by atoms with Crippen LogP contribution in [-0.4, -0.2) is 17.8 Å². The molecule has 1 N–H and O–H groups in total. The van der Waals surface area contributed by atoms with Gasteiger partial charge < -0.3 is 9.84 Å². The van der Waals surface area contributed by atoms with Crippen LogP contribution in [-0.2, 0) is 4.74 Å². The zero-order valence-electron chi connectivity index (χ0n) is 13.4. The van der Waals surface area contributed by atoms with Crippen molar-refractivity contribution in [3.05, 3.63) is 46.5 Å². The summed E-state index contributed by atoms with van der Waals surface area (Å²) in [7, 11) is 0. The molecule has 0 unspecified atom stereocenters. The number of fused-ring (bicyclic) bond motifs is 1. The first-order valence-electron chi connectivity index (χ1n) is 8.22. The van der Waals surface area contributed by atoms with Gasteiger partial charge in [-0.15, -0.1) is 0 Å². The Morgan fingerprint density at radius 3 is 2.59 bits per heavy atom. The predicted molar refractivity (Wildman–Crippen MR) is 92.7 cm³/mol. The van der Waals surface area contributed by atoms with E-state index in [9.17, 15) is 5.11 Å². The van der Waals surface area contributed by atoms with E-state index in [4.69, 9.17) is 4.74 Å². The summed E-state index contributed by atoms with van der Waals surface area (Å²) in [5.41, 5.74) is 1.05. The Labute approximate surface area is 141 Å². The quantitative estimate of drug-likeness (QED) is 0.762. The van der Waals surface area contributed by atoms with E-state index in [0.717, 1.165) is 17.3 Å². The normalized spacial score (nSPS) is 38.4. The van der Waals surface area contributed by atoms with E-state index in [-0.39, 0.29) is 29.6 Å². The zero-order chi connectivity index (χ0) is 15.8. The van der Waals surface area contributed by atoms with Crippen LogP contribution >= 0.6 is 15.9 Å². The highest BCUT2D eigenvalue weighted by Crippen LogP contribution is 2.65. The lowest BCUT2D eigenvalue weighted by Gasteiger charge is -2.48. The van der Waals surface area contributed by atoms with Gasteiger partial charge in [0.25, 0.3) is 0 Å². The van der Waals surface area contributed by atoms with E-state index in [2.05, 4.69) is 59.3 Å². The molecule has 22 heavy (non-hydrogen) atoms. The van der Waals surface area contributed by atoms with Crippen molar-refractivity contribution < 1.29 is 9.84 Å². The van der Waals surface area contributed by atoms with E-state index >= 15 is 0 Å². The molecule has 120 valence electrons. The zero-order valence-corrected chi connectivity index (χ0v) is 15.0. The molecule has 1 aliphatic heterocycles. The number of benzene rings is 1. The van der Waals surface area contributed by atoms with Gasteiger partial charge in [0.15, 0.2) is 0 Å². The molecule has 1 aromatic rings. The Morgan fingerprint density at radius 1 is 1.27 bits per heavy atom. The number of aliphatic hydroxyl groups excluding tert-OH is 1. The Morgan fingerprint density at radius 2 is 1.95 bits per heavy atom. The third-order valence-electron chi connectivity index (χ3n) is 5.93. The summed E-state index contributed by atoms with van der Waals surface area (Å²) < 4.78 is 7.59. The van der Waals surface area contributed by atoms with Crippen LogP contribution in [0.25, 0.3) is 0 Å². The Bertz CT molecular complexity index is 553. The van der Waals surface area contributed by atoms with Gasteiger partial charge in [-0.1, -0.05) is 60.0 Å². The van der Waals surface area contributed by atoms with Crippen molar-refractivity contribution in [1.29, 1.82) is 0 Å². The van der Waals surface area contributed by atoms with Crippen molar-refractivity contribution in [2.75, 3.05) is 6.61 Å². The highest BCUT2D eigenvalue weighted by molar-refractivity contribution is 9.10. The molecular weight excluding hydrogens is 340 g/mol. The Kier molecular flexibility index (Phi) is 4.50. The maximum absolute atomic E-state index is 10.3. The molecule has 2 nitrogen and oxygen atoms in total. The lowest BCUT2D eigenvalue weighted by molar-refractivity contribution is -0.0296. The molecule has 4 atom stereocenters. The van der Waals surface area contributed by atoms with Crippen molar-refractivity contribution in [1.82, 2.24) is 0 Å². The van der Waals surface area contributed by atoms with Crippen LogP contribution in [0, 0.1) is 10.8 Å². The van der Waals surface area contributed by atoms with Crippen LogP contribution in [0.4, 0.5) is 0 Å². The van der Waals surface area contributed by atoms with Crippen molar-refractivity contribution in [2.45, 2.75) is 51.7 Å². The van der Waals surface area contributed by atoms with Crippen LogP contribution in [0.3, 0.4) is 0 Å². The molecule has 1 heterocycles. The maximum Gasteiger partial charge on any atom is 0.0894 e. The van der Waals surface area contributed by atoms with E-state index in [1.165, 1.54) is 18.4 Å². The van der Waals surface area contributed by atoms with Gasteiger partial charge in [0.1, 0.15) is 0 Å². The number of allylic oxidation sites excluding steroid dienone is 1. The summed E-state index contributed by atoms with van der Waals surface area (Å²) >= 11 is 3.51. The molecule has 0 radical (unpaired) electrons. The predicted octanol–water partition coefficient (Wildman–Crippen LogP) is 5.02. The van der Waals surface area contributed by atoms with Crippen LogP contribution in [0.1, 0.15) is 51.2 Å². The Balaban J connectivity index is 2.06. The minimum absolute atomic E-state index is 0.00134. The minimum atomic E-state index is -0.157. The largest absolute Gasteiger partial charge is 0.396 e. The summed E-state index contributed by atoms with van der Waals surface area (Å²) in [6.45, 7) is 4.55. The molecular formula is C19H25BrO2. The molecule has 2 fully saturated rings. The van der Waals surface area contributed by atoms with E-state index in [1.807, 2.05) is 6.92 Å². The second kappa shape index (κ2) is 6.10. The van der Waals surface area contributed by atoms with Crippen LogP contribution in [0.15, 0.2) is 40.9 Å². The molecule has 2 aliphatic rings. The van der Waals surface area contributed by atoms with Crippen molar-refractivity contribution in [3.63, 3.8) is 0 Å². The molecule has 0 amide bonds. The first kappa shape index (κ1) is 16.2. The Hall–Kier alpha value is -0.640. The average Bonchev–Trinajstić information content (AvgIpc) is 2.78. The van der Waals surface area contributed by atoms with Crippen molar-refractivity contribution in [3.8, 4) is 0 Å². The molecule has 0 aromatic heterocycles. The standard InChI is InChI=1S/C19H25BrO2/c1-3-6-16-19(13-21)12-5-4-11-18(19,2)17(22-16)14-7-9-15(20)10-8-14/h3,6-10,16-17,21H,4-5,11-13H2,1-2H3/b6-3+/t16-,17+,18+,19+/m0/s1. The summed E-state index contributed by atoms with van der Waals surface area (Å²) in [6.07, 6.45) is 8.80. The molecule has 0 bridgehead atoms. The van der Waals surface area contributed by atoms with Gasteiger partial charge in [-0.05, 0) is 37.5 Å². The summed E-state index contributed by atoms with van der Waals surface area (Å²) in [4.78, 5) is 0. The highest BCUT2D eigenvalue weighted by Gasteiger charge is 2.63. The maximum atomic E-state index is 10.3. The van der Waals surface area contributed by atoms with Gasteiger partial charge in [0.2, 0.25) is 0 Å². The van der Waals surface area contributed by atoms with Gasteiger partial charge in [0, 0.05) is 15.3 Å². The summed E-state index contributed by atoms with van der Waals surface area (Å²) in [5.74, 6) is 0. The third kappa shape index (κ3) is 2.29. The number of rotatable bonds is 3. The molecule has 3 rings (SSSR count). The SMILES string of the molecule is C/C=C/[C@@H]1O[C@H](c2ccc(Br)cc2)[C@@]2(C)CCCC[C@@]12CO. The van der Waals surface area contributed by atoms with Gasteiger partial charge in [0.05, 0.1) is 18.8 Å². The molecule has 1 saturated carbocycles. The van der Waals surface area contributed by atoms with Gasteiger partial charge in [-0.3, -0.25) is 0 Å². The first-order valence-corrected chi connectivity index (χ1v) is 9.01. The highest BCUT2D eigenvalue weighted by atomic mass is 79.9. The second-order valence-electron chi connectivity index (χ2n) is 6.95. The summed E-state index contributed by atoms with van der Waals surface area (Å²) in [5, 5.41) is 10.3. The fourth-order valence-corrected chi connectivity index (χ4v) is 4.86. The number of hydrogen-bond donors (Lipinski definition) is 1. The third-order valence-corrected chi connectivity index (χ3v) is 6.46. The average molecular weight is 365 g/mol. The monoisotopic (exact) mass is 364 g/mol. The van der Waals surface area contributed by atoms with Crippen LogP contribution in [0.5, 0.6) is 0 Å². The number of halogens is 1. The first-order chi connectivity index (χ1) is 10.6. The van der Waals surface area contributed by atoms with E-state index in [0.29, 0.717) is 0 Å². The number of hydrogen-bond acceptors (Lipinski definition) is 2. The number of ether oxygens (including phenoxy) is 1. The van der Waals surface area contributed by atoms with Gasteiger partial charge in [-0.25, -0.2) is 0 Å². The second-order valence-corrected chi connectivity index (χ2v) is 7.87. The van der Waals surface area contributed by atoms with E-state index < -0.39 is 0 Å². The van der Waals surface area contributed by atoms with Gasteiger partial charge >= 0.3 is 0 Å². The van der Waals surface area contributed by atoms with Crippen molar-refractivity contribution in [2.24, 2.45) is 10.8 Å². The fraction of sp³-hybridized carbons (Fsp3) is 0.579. The topological polar surface area (TPSA) is 29.5 Å². The lowest BCUT2D eigenvalue weighted by atomic mass is 9.54. The van der Waals surface area contributed by atoms with Crippen LogP contribution in [0.2, 0.25) is 0 Å². The van der Waals surface area contributed by atoms with E-state index in [1.54, 1.807) is 0 Å². The fourth-order valence-electron chi connectivity index (χ4n) is 4.59. The minimum Gasteiger partial charge on any atom is -0.396 e. The number of aliphatic hydroxyl groups is 1. The molecule has 1 aromatic carbocycles. The smallest absolute Gasteiger partial charge is 0.0894 e. The molecule has 0 spiro atoms. The van der Waals surface area contributed by atoms with Crippen LogP contribution < -0.4 is 0 Å². The molecule has 1 saturated heterocycles. The lowest BCUT2D eigenvalue weighted by Crippen LogP contribution is -2.48. The molecule has 3 heteroatoms. The summed E-state index contributed by atoms with van der Waals surface area (Å²) in [6, 6.07) is 8.45. The van der Waals surface area contributed by atoms with Gasteiger partial charge in [-0.2, -0.15) is 0 Å². The van der Waals surface area contributed by atoms with Crippen molar-refractivity contribution >= 4 is 15.9 Å². The molecule has 1 aliphatic carbocycles.